The number of aromatic nitrogens is 3. The van der Waals surface area contributed by atoms with Crippen LogP contribution in [-0.2, 0) is 13.1 Å². The molecule has 4 rings (SSSR count). The minimum absolute atomic E-state index is 0.841. The Balaban J connectivity index is 1.50. The van der Waals surface area contributed by atoms with Gasteiger partial charge in [-0.1, -0.05) is 70.2 Å². The molecular formula is C18H17BrN4S. The van der Waals surface area contributed by atoms with Crippen LogP contribution in [0.3, 0.4) is 0 Å². The molecule has 0 radical (unpaired) electrons. The molecule has 0 amide bonds. The summed E-state index contributed by atoms with van der Waals surface area (Å²) in [6.45, 7) is 1.88. The van der Waals surface area contributed by atoms with Gasteiger partial charge in [0, 0.05) is 16.6 Å². The van der Waals surface area contributed by atoms with Crippen molar-refractivity contribution in [1.29, 1.82) is 0 Å². The van der Waals surface area contributed by atoms with Crippen molar-refractivity contribution in [2.24, 2.45) is 0 Å². The molecular weight excluding hydrogens is 384 g/mol. The Morgan fingerprint density at radius 2 is 1.79 bits per heavy atom. The lowest BCUT2D eigenvalue weighted by molar-refractivity contribution is 0.242. The van der Waals surface area contributed by atoms with Gasteiger partial charge in [-0.25, -0.2) is 0 Å². The van der Waals surface area contributed by atoms with Crippen molar-refractivity contribution in [3.63, 3.8) is 0 Å². The Morgan fingerprint density at radius 1 is 1.00 bits per heavy atom. The van der Waals surface area contributed by atoms with E-state index in [0.29, 0.717) is 0 Å². The summed E-state index contributed by atoms with van der Waals surface area (Å²) in [6.07, 6.45) is 1.06. The van der Waals surface area contributed by atoms with Crippen molar-refractivity contribution in [2.45, 2.75) is 18.2 Å². The zero-order valence-electron chi connectivity index (χ0n) is 13.1. The zero-order valence-corrected chi connectivity index (χ0v) is 15.5. The van der Waals surface area contributed by atoms with Gasteiger partial charge in [-0.3, -0.25) is 9.47 Å². The molecule has 1 aliphatic heterocycles. The van der Waals surface area contributed by atoms with Gasteiger partial charge in [-0.05, 0) is 24.1 Å². The molecule has 2 heterocycles. The molecule has 1 aliphatic rings. The molecule has 2 aromatic carbocycles. The number of rotatable bonds is 4. The lowest BCUT2D eigenvalue weighted by Gasteiger charge is -2.27. The first-order valence-corrected chi connectivity index (χ1v) is 9.66. The summed E-state index contributed by atoms with van der Waals surface area (Å²) in [6, 6.07) is 18.9. The summed E-state index contributed by atoms with van der Waals surface area (Å²) in [4.78, 5) is 2.44. The second-order valence-corrected chi connectivity index (χ2v) is 7.61. The van der Waals surface area contributed by atoms with E-state index in [1.807, 2.05) is 12.1 Å². The molecule has 4 nitrogen and oxygen atoms in total. The monoisotopic (exact) mass is 400 g/mol. The maximum absolute atomic E-state index is 4.40. The van der Waals surface area contributed by atoms with Crippen LogP contribution in [0.15, 0.2) is 64.2 Å². The van der Waals surface area contributed by atoms with Crippen molar-refractivity contribution < 1.29 is 0 Å². The highest BCUT2D eigenvalue weighted by Gasteiger charge is 2.22. The number of hydrogen-bond donors (Lipinski definition) is 0. The SMILES string of the molecule is Brc1ccc(-c2nnc3n2CN(CCc2ccccc2)CS3)cc1. The highest BCUT2D eigenvalue weighted by Crippen LogP contribution is 2.29. The van der Waals surface area contributed by atoms with Crippen LogP contribution >= 0.6 is 27.7 Å². The third-order valence-electron chi connectivity index (χ3n) is 4.10. The van der Waals surface area contributed by atoms with E-state index >= 15 is 0 Å². The van der Waals surface area contributed by atoms with Crippen molar-refractivity contribution in [1.82, 2.24) is 19.7 Å². The molecule has 1 aromatic heterocycles. The minimum atomic E-state index is 0.841. The van der Waals surface area contributed by atoms with Crippen LogP contribution in [0.4, 0.5) is 0 Å². The van der Waals surface area contributed by atoms with Gasteiger partial charge in [0.2, 0.25) is 0 Å². The van der Waals surface area contributed by atoms with Crippen molar-refractivity contribution in [2.75, 3.05) is 12.4 Å². The standard InChI is InChI=1S/C18H17BrN4S/c19-16-8-6-15(7-9-16)17-20-21-18-23(17)12-22(13-24-18)11-10-14-4-2-1-3-5-14/h1-9H,10-13H2. The first kappa shape index (κ1) is 15.9. The van der Waals surface area contributed by atoms with Gasteiger partial charge in [0.15, 0.2) is 11.0 Å². The fourth-order valence-corrected chi connectivity index (χ4v) is 3.96. The fraction of sp³-hybridized carbons (Fsp3) is 0.222. The molecule has 122 valence electrons. The third kappa shape index (κ3) is 3.41. The van der Waals surface area contributed by atoms with E-state index < -0.39 is 0 Å². The lowest BCUT2D eigenvalue weighted by atomic mass is 10.1. The fourth-order valence-electron chi connectivity index (χ4n) is 2.79. The van der Waals surface area contributed by atoms with Crippen LogP contribution in [0.5, 0.6) is 0 Å². The number of halogens is 1. The minimum Gasteiger partial charge on any atom is -0.288 e. The Labute approximate surface area is 154 Å². The van der Waals surface area contributed by atoms with E-state index in [2.05, 4.69) is 78.1 Å². The van der Waals surface area contributed by atoms with Crippen LogP contribution in [-0.4, -0.2) is 32.1 Å². The average Bonchev–Trinajstić information content (AvgIpc) is 3.05. The second-order valence-electron chi connectivity index (χ2n) is 5.79. The molecule has 3 aromatic rings. The van der Waals surface area contributed by atoms with Crippen LogP contribution in [0.25, 0.3) is 11.4 Å². The number of benzene rings is 2. The number of thioether (sulfide) groups is 1. The van der Waals surface area contributed by atoms with E-state index in [9.17, 15) is 0 Å². The maximum atomic E-state index is 4.40. The molecule has 0 bridgehead atoms. The first-order valence-electron chi connectivity index (χ1n) is 7.88. The summed E-state index contributed by atoms with van der Waals surface area (Å²) in [5.41, 5.74) is 2.48. The largest absolute Gasteiger partial charge is 0.288 e. The quantitative estimate of drug-likeness (QED) is 0.654. The van der Waals surface area contributed by atoms with Crippen molar-refractivity contribution >= 4 is 27.7 Å². The normalized spacial score (nSPS) is 14.5. The lowest BCUT2D eigenvalue weighted by Crippen LogP contribution is -2.32. The van der Waals surface area contributed by atoms with Gasteiger partial charge in [0.1, 0.15) is 0 Å². The van der Waals surface area contributed by atoms with E-state index in [1.165, 1.54) is 5.56 Å². The number of hydrogen-bond acceptors (Lipinski definition) is 4. The highest BCUT2D eigenvalue weighted by molar-refractivity contribution is 9.10. The molecule has 0 saturated heterocycles. The van der Waals surface area contributed by atoms with Crippen molar-refractivity contribution in [3.05, 3.63) is 64.6 Å². The highest BCUT2D eigenvalue weighted by atomic mass is 79.9. The van der Waals surface area contributed by atoms with E-state index in [-0.39, 0.29) is 0 Å². The van der Waals surface area contributed by atoms with Gasteiger partial charge in [0.25, 0.3) is 0 Å². The molecule has 24 heavy (non-hydrogen) atoms. The Bertz CT molecular complexity index is 817. The van der Waals surface area contributed by atoms with Gasteiger partial charge in [-0.15, -0.1) is 10.2 Å². The smallest absolute Gasteiger partial charge is 0.193 e. The second kappa shape index (κ2) is 7.09. The van der Waals surface area contributed by atoms with Gasteiger partial charge < -0.3 is 0 Å². The van der Waals surface area contributed by atoms with Crippen molar-refractivity contribution in [3.8, 4) is 11.4 Å². The molecule has 0 unspecified atom stereocenters. The molecule has 0 aliphatic carbocycles. The van der Waals surface area contributed by atoms with E-state index in [0.717, 1.165) is 46.5 Å². The van der Waals surface area contributed by atoms with Crippen LogP contribution in [0, 0.1) is 0 Å². The average molecular weight is 401 g/mol. The molecule has 0 spiro atoms. The summed E-state index contributed by atoms with van der Waals surface area (Å²) in [7, 11) is 0. The van der Waals surface area contributed by atoms with E-state index in [1.54, 1.807) is 11.8 Å². The predicted octanol–water partition coefficient (Wildman–Crippen LogP) is 4.27. The molecule has 0 N–H and O–H groups in total. The Hall–Kier alpha value is -1.63. The molecule has 0 atom stereocenters. The van der Waals surface area contributed by atoms with Gasteiger partial charge in [0.05, 0.1) is 12.5 Å². The maximum Gasteiger partial charge on any atom is 0.193 e. The van der Waals surface area contributed by atoms with Gasteiger partial charge >= 0.3 is 0 Å². The molecule has 0 fully saturated rings. The number of nitrogens with zero attached hydrogens (tertiary/aromatic N) is 4. The molecule has 6 heteroatoms. The zero-order chi connectivity index (χ0) is 16.4. The molecule has 0 saturated carbocycles. The van der Waals surface area contributed by atoms with Crippen LogP contribution in [0.1, 0.15) is 5.56 Å². The summed E-state index contributed by atoms with van der Waals surface area (Å²) in [5.74, 6) is 1.90. The first-order chi connectivity index (χ1) is 11.8. The summed E-state index contributed by atoms with van der Waals surface area (Å²) in [5, 5.41) is 9.75. The van der Waals surface area contributed by atoms with Crippen LogP contribution < -0.4 is 0 Å². The topological polar surface area (TPSA) is 34.0 Å². The Morgan fingerprint density at radius 3 is 2.58 bits per heavy atom. The third-order valence-corrected chi connectivity index (χ3v) is 5.68. The van der Waals surface area contributed by atoms with E-state index in [4.69, 9.17) is 0 Å². The summed E-state index contributed by atoms with van der Waals surface area (Å²) >= 11 is 5.24. The Kier molecular flexibility index (Phi) is 4.69. The number of fused-ring (bicyclic) bond motifs is 1. The summed E-state index contributed by atoms with van der Waals surface area (Å²) < 4.78 is 3.28. The predicted molar refractivity (Wildman–Crippen MR) is 101 cm³/mol. The van der Waals surface area contributed by atoms with Gasteiger partial charge in [-0.2, -0.15) is 0 Å². The van der Waals surface area contributed by atoms with Crippen LogP contribution in [0.2, 0.25) is 0 Å².